The predicted octanol–water partition coefficient (Wildman–Crippen LogP) is -0.195. The van der Waals surface area contributed by atoms with Crippen LogP contribution in [-0.4, -0.2) is 26.3 Å². The minimum absolute atomic E-state index is 0.0740. The van der Waals surface area contributed by atoms with Crippen molar-refractivity contribution in [1.29, 1.82) is 0 Å². The van der Waals surface area contributed by atoms with Gasteiger partial charge in [0.2, 0.25) is 10.0 Å². The number of rotatable bonds is 3. The van der Waals surface area contributed by atoms with Crippen molar-refractivity contribution in [2.75, 3.05) is 5.75 Å². The summed E-state index contributed by atoms with van der Waals surface area (Å²) < 4.78 is 24.8. The predicted molar refractivity (Wildman–Crippen MR) is 48.2 cm³/mol. The van der Waals surface area contributed by atoms with E-state index in [1.807, 2.05) is 0 Å². The first-order chi connectivity index (χ1) is 5.53. The van der Waals surface area contributed by atoms with Gasteiger partial charge in [0.05, 0.1) is 5.75 Å². The Morgan fingerprint density at radius 1 is 1.50 bits per heavy atom. The Balaban J connectivity index is 2.43. The van der Waals surface area contributed by atoms with Crippen molar-refractivity contribution < 1.29 is 8.42 Å². The Morgan fingerprint density at radius 3 is 2.58 bits per heavy atom. The summed E-state index contributed by atoms with van der Waals surface area (Å²) in [5.41, 5.74) is 5.65. The molecule has 5 heteroatoms. The SMILES string of the molecule is CCS(=O)(=O)N[C@@H]1CC[C@H](N)C1. The highest BCUT2D eigenvalue weighted by atomic mass is 32.2. The number of hydrogen-bond acceptors (Lipinski definition) is 3. The van der Waals surface area contributed by atoms with E-state index in [1.165, 1.54) is 0 Å². The molecular weight excluding hydrogens is 176 g/mol. The van der Waals surface area contributed by atoms with Gasteiger partial charge in [-0.25, -0.2) is 13.1 Å². The summed E-state index contributed by atoms with van der Waals surface area (Å²) in [4.78, 5) is 0. The van der Waals surface area contributed by atoms with Crippen LogP contribution in [-0.2, 0) is 10.0 Å². The van der Waals surface area contributed by atoms with E-state index in [4.69, 9.17) is 5.73 Å². The van der Waals surface area contributed by atoms with E-state index in [9.17, 15) is 8.42 Å². The molecular formula is C7H16N2O2S. The Bertz CT molecular complexity index is 238. The molecule has 0 saturated heterocycles. The van der Waals surface area contributed by atoms with Gasteiger partial charge in [-0.15, -0.1) is 0 Å². The van der Waals surface area contributed by atoms with E-state index in [2.05, 4.69) is 4.72 Å². The number of nitrogens with two attached hydrogens (primary N) is 1. The van der Waals surface area contributed by atoms with Crippen LogP contribution in [0.5, 0.6) is 0 Å². The van der Waals surface area contributed by atoms with E-state index < -0.39 is 10.0 Å². The molecule has 1 rings (SSSR count). The topological polar surface area (TPSA) is 72.2 Å². The normalized spacial score (nSPS) is 30.8. The molecule has 0 aromatic rings. The van der Waals surface area contributed by atoms with Crippen molar-refractivity contribution in [1.82, 2.24) is 4.72 Å². The van der Waals surface area contributed by atoms with Gasteiger partial charge in [0.1, 0.15) is 0 Å². The maximum atomic E-state index is 11.1. The summed E-state index contributed by atoms with van der Waals surface area (Å²) in [6.07, 6.45) is 2.58. The molecule has 0 unspecified atom stereocenters. The average molecular weight is 192 g/mol. The Labute approximate surface area is 73.6 Å². The highest BCUT2D eigenvalue weighted by molar-refractivity contribution is 7.89. The maximum absolute atomic E-state index is 11.1. The smallest absolute Gasteiger partial charge is 0.211 e. The molecule has 1 saturated carbocycles. The number of hydrogen-bond donors (Lipinski definition) is 2. The van der Waals surface area contributed by atoms with E-state index in [0.717, 1.165) is 19.3 Å². The lowest BCUT2D eigenvalue weighted by atomic mass is 10.2. The van der Waals surface area contributed by atoms with Crippen LogP contribution < -0.4 is 10.5 Å². The summed E-state index contributed by atoms with van der Waals surface area (Å²) in [7, 11) is -3.03. The fourth-order valence-electron chi connectivity index (χ4n) is 1.46. The molecule has 1 aliphatic rings. The fourth-order valence-corrected chi connectivity index (χ4v) is 2.35. The minimum Gasteiger partial charge on any atom is -0.328 e. The van der Waals surface area contributed by atoms with E-state index in [-0.39, 0.29) is 17.8 Å². The molecule has 0 spiro atoms. The van der Waals surface area contributed by atoms with Gasteiger partial charge in [0.25, 0.3) is 0 Å². The monoisotopic (exact) mass is 192 g/mol. The molecule has 1 fully saturated rings. The lowest BCUT2D eigenvalue weighted by molar-refractivity contribution is 0.550. The van der Waals surface area contributed by atoms with Crippen LogP contribution in [0.15, 0.2) is 0 Å². The van der Waals surface area contributed by atoms with Crippen LogP contribution in [0.4, 0.5) is 0 Å². The first kappa shape index (κ1) is 9.95. The lowest BCUT2D eigenvalue weighted by Gasteiger charge is -2.10. The summed E-state index contributed by atoms with van der Waals surface area (Å²) in [6, 6.07) is 0.250. The summed E-state index contributed by atoms with van der Waals surface area (Å²) >= 11 is 0. The van der Waals surface area contributed by atoms with Crippen molar-refractivity contribution in [3.05, 3.63) is 0 Å². The quantitative estimate of drug-likeness (QED) is 0.650. The molecule has 0 heterocycles. The van der Waals surface area contributed by atoms with Gasteiger partial charge in [-0.05, 0) is 26.2 Å². The second-order valence-corrected chi connectivity index (χ2v) is 5.33. The van der Waals surface area contributed by atoms with Crippen molar-refractivity contribution in [2.45, 2.75) is 38.3 Å². The summed E-state index contributed by atoms with van der Waals surface area (Å²) in [6.45, 7) is 1.64. The molecule has 4 nitrogen and oxygen atoms in total. The van der Waals surface area contributed by atoms with Gasteiger partial charge in [0, 0.05) is 12.1 Å². The van der Waals surface area contributed by atoms with Gasteiger partial charge >= 0.3 is 0 Å². The Hall–Kier alpha value is -0.130. The zero-order chi connectivity index (χ0) is 9.19. The standard InChI is InChI=1S/C7H16N2O2S/c1-2-12(10,11)9-7-4-3-6(8)5-7/h6-7,9H,2-5,8H2,1H3/t6-,7+/m0/s1. The Kier molecular flexibility index (Phi) is 3.09. The third-order valence-electron chi connectivity index (χ3n) is 2.20. The van der Waals surface area contributed by atoms with Crippen LogP contribution in [0.1, 0.15) is 26.2 Å². The van der Waals surface area contributed by atoms with Crippen molar-refractivity contribution in [3.8, 4) is 0 Å². The van der Waals surface area contributed by atoms with E-state index in [1.54, 1.807) is 6.92 Å². The molecule has 3 N–H and O–H groups in total. The van der Waals surface area contributed by atoms with Crippen LogP contribution >= 0.6 is 0 Å². The van der Waals surface area contributed by atoms with Crippen molar-refractivity contribution in [3.63, 3.8) is 0 Å². The van der Waals surface area contributed by atoms with Crippen LogP contribution in [0, 0.1) is 0 Å². The highest BCUT2D eigenvalue weighted by Gasteiger charge is 2.24. The molecule has 1 aliphatic carbocycles. The first-order valence-electron chi connectivity index (χ1n) is 4.29. The molecule has 0 aliphatic heterocycles. The van der Waals surface area contributed by atoms with E-state index in [0.29, 0.717) is 0 Å². The van der Waals surface area contributed by atoms with Gasteiger partial charge in [0.15, 0.2) is 0 Å². The zero-order valence-corrected chi connectivity index (χ0v) is 8.10. The number of nitrogens with one attached hydrogen (secondary N) is 1. The molecule has 0 radical (unpaired) electrons. The molecule has 2 atom stereocenters. The van der Waals surface area contributed by atoms with Crippen LogP contribution in [0.2, 0.25) is 0 Å². The molecule has 0 aromatic heterocycles. The van der Waals surface area contributed by atoms with Crippen molar-refractivity contribution in [2.24, 2.45) is 5.73 Å². The molecule has 12 heavy (non-hydrogen) atoms. The molecule has 72 valence electrons. The molecule has 0 aromatic carbocycles. The van der Waals surface area contributed by atoms with Gasteiger partial charge in [-0.2, -0.15) is 0 Å². The van der Waals surface area contributed by atoms with E-state index >= 15 is 0 Å². The maximum Gasteiger partial charge on any atom is 0.211 e. The lowest BCUT2D eigenvalue weighted by Crippen LogP contribution is -2.35. The van der Waals surface area contributed by atoms with Gasteiger partial charge in [-0.3, -0.25) is 0 Å². The van der Waals surface area contributed by atoms with Crippen LogP contribution in [0.25, 0.3) is 0 Å². The molecule has 0 bridgehead atoms. The van der Waals surface area contributed by atoms with Crippen LogP contribution in [0.3, 0.4) is 0 Å². The Morgan fingerprint density at radius 2 is 2.17 bits per heavy atom. The average Bonchev–Trinajstić information content (AvgIpc) is 2.35. The minimum atomic E-state index is -3.03. The largest absolute Gasteiger partial charge is 0.328 e. The third kappa shape index (κ3) is 2.73. The molecule has 0 amide bonds. The van der Waals surface area contributed by atoms with Gasteiger partial charge in [-0.1, -0.05) is 0 Å². The summed E-state index contributed by atoms with van der Waals surface area (Å²) in [5.74, 6) is 0.152. The zero-order valence-electron chi connectivity index (χ0n) is 7.29. The number of sulfonamides is 1. The highest BCUT2D eigenvalue weighted by Crippen LogP contribution is 2.17. The second kappa shape index (κ2) is 3.72. The van der Waals surface area contributed by atoms with Gasteiger partial charge < -0.3 is 5.73 Å². The first-order valence-corrected chi connectivity index (χ1v) is 5.94. The third-order valence-corrected chi connectivity index (χ3v) is 3.65. The summed E-state index contributed by atoms with van der Waals surface area (Å²) in [5, 5.41) is 0. The fraction of sp³-hybridized carbons (Fsp3) is 1.00. The van der Waals surface area contributed by atoms with Crippen molar-refractivity contribution >= 4 is 10.0 Å². The second-order valence-electron chi connectivity index (χ2n) is 3.29.